The second kappa shape index (κ2) is 10.0. The summed E-state index contributed by atoms with van der Waals surface area (Å²) in [6, 6.07) is 20.1. The lowest BCUT2D eigenvalue weighted by atomic mass is 10.1. The fraction of sp³-hybridized carbons (Fsp3) is 0.148. The Labute approximate surface area is 195 Å². The van der Waals surface area contributed by atoms with Crippen LogP contribution in [0.15, 0.2) is 82.0 Å². The van der Waals surface area contributed by atoms with Crippen molar-refractivity contribution >= 4 is 22.9 Å². The zero-order valence-electron chi connectivity index (χ0n) is 18.7. The van der Waals surface area contributed by atoms with Crippen LogP contribution in [0.3, 0.4) is 0 Å². The van der Waals surface area contributed by atoms with Gasteiger partial charge in [0, 0.05) is 6.07 Å². The number of benzene rings is 3. The topological polar surface area (TPSA) is 92.0 Å². The van der Waals surface area contributed by atoms with E-state index >= 15 is 0 Å². The summed E-state index contributed by atoms with van der Waals surface area (Å²) in [6.45, 7) is 3.62. The third-order valence-corrected chi connectivity index (χ3v) is 5.00. The molecular weight excluding hydrogens is 436 g/mol. The maximum absolute atomic E-state index is 13.0. The molecule has 7 nitrogen and oxygen atoms in total. The Balaban J connectivity index is 1.53. The average Bonchev–Trinajstić information content (AvgIpc) is 2.82. The Kier molecular flexibility index (Phi) is 6.73. The van der Waals surface area contributed by atoms with Gasteiger partial charge in [-0.3, -0.25) is 9.59 Å². The van der Waals surface area contributed by atoms with E-state index in [2.05, 4.69) is 0 Å². The third-order valence-electron chi connectivity index (χ3n) is 5.00. The number of ether oxygens (including phenoxy) is 3. The standard InChI is InChI=1S/C27H22O7/c1-3-31-27(30)19-9-11-20(12-10-19)34-26-17(2)32-23-16-21(13-14-22(23)25(26)29)33-24(28)15-18-7-5-4-6-8-18/h4-14,16H,3,15H2,1-2H3. The first-order valence-corrected chi connectivity index (χ1v) is 10.7. The highest BCUT2D eigenvalue weighted by Crippen LogP contribution is 2.27. The van der Waals surface area contributed by atoms with Crippen LogP contribution < -0.4 is 14.9 Å². The molecular formula is C27H22O7. The molecule has 1 heterocycles. The van der Waals surface area contributed by atoms with Gasteiger partial charge in [-0.2, -0.15) is 0 Å². The van der Waals surface area contributed by atoms with Crippen molar-refractivity contribution in [2.75, 3.05) is 6.61 Å². The summed E-state index contributed by atoms with van der Waals surface area (Å²) in [7, 11) is 0. The van der Waals surface area contributed by atoms with Gasteiger partial charge in [0.2, 0.25) is 11.2 Å². The minimum absolute atomic E-state index is 0.0326. The van der Waals surface area contributed by atoms with Gasteiger partial charge in [-0.1, -0.05) is 30.3 Å². The largest absolute Gasteiger partial charge is 0.462 e. The van der Waals surface area contributed by atoms with Crippen molar-refractivity contribution in [3.63, 3.8) is 0 Å². The van der Waals surface area contributed by atoms with Crippen LogP contribution in [0.1, 0.15) is 28.6 Å². The lowest BCUT2D eigenvalue weighted by Gasteiger charge is -2.10. The second-order valence-electron chi connectivity index (χ2n) is 7.46. The molecule has 0 saturated heterocycles. The number of hydrogen-bond acceptors (Lipinski definition) is 7. The first-order valence-electron chi connectivity index (χ1n) is 10.7. The second-order valence-corrected chi connectivity index (χ2v) is 7.46. The lowest BCUT2D eigenvalue weighted by molar-refractivity contribution is -0.133. The van der Waals surface area contributed by atoms with E-state index < -0.39 is 11.9 Å². The molecule has 0 fully saturated rings. The summed E-state index contributed by atoms with van der Waals surface area (Å²) in [6.07, 6.45) is 0.129. The average molecular weight is 458 g/mol. The molecule has 3 aromatic carbocycles. The Morgan fingerprint density at radius 3 is 2.32 bits per heavy atom. The van der Waals surface area contributed by atoms with Crippen molar-refractivity contribution < 1.29 is 28.2 Å². The summed E-state index contributed by atoms with van der Waals surface area (Å²) in [5.74, 6) is 0.0879. The highest BCUT2D eigenvalue weighted by Gasteiger charge is 2.16. The number of fused-ring (bicyclic) bond motifs is 1. The number of esters is 2. The summed E-state index contributed by atoms with van der Waals surface area (Å²) < 4.78 is 21.9. The first kappa shape index (κ1) is 22.8. The van der Waals surface area contributed by atoms with Crippen molar-refractivity contribution in [1.82, 2.24) is 0 Å². The van der Waals surface area contributed by atoms with Gasteiger partial charge < -0.3 is 18.6 Å². The molecule has 172 valence electrons. The Morgan fingerprint density at radius 2 is 1.62 bits per heavy atom. The molecule has 1 aromatic heterocycles. The van der Waals surface area contributed by atoms with Crippen LogP contribution in [0, 0.1) is 6.92 Å². The molecule has 7 heteroatoms. The van der Waals surface area contributed by atoms with E-state index in [1.807, 2.05) is 30.3 Å². The maximum Gasteiger partial charge on any atom is 0.338 e. The van der Waals surface area contributed by atoms with E-state index in [1.54, 1.807) is 38.1 Å². The molecule has 0 aliphatic heterocycles. The fourth-order valence-corrected chi connectivity index (χ4v) is 3.37. The van der Waals surface area contributed by atoms with Crippen LogP contribution in [-0.2, 0) is 16.0 Å². The molecule has 0 aliphatic carbocycles. The van der Waals surface area contributed by atoms with Gasteiger partial charge in [-0.15, -0.1) is 0 Å². The van der Waals surface area contributed by atoms with Gasteiger partial charge in [0.05, 0.1) is 24.0 Å². The zero-order valence-corrected chi connectivity index (χ0v) is 18.7. The lowest BCUT2D eigenvalue weighted by Crippen LogP contribution is -2.12. The predicted octanol–water partition coefficient (Wildman–Crippen LogP) is 5.22. The van der Waals surface area contributed by atoms with E-state index in [4.69, 9.17) is 18.6 Å². The quantitative estimate of drug-likeness (QED) is 0.277. The van der Waals surface area contributed by atoms with Gasteiger partial charge in [0.15, 0.2) is 0 Å². The molecule has 34 heavy (non-hydrogen) atoms. The van der Waals surface area contributed by atoms with Gasteiger partial charge in [0.1, 0.15) is 22.8 Å². The van der Waals surface area contributed by atoms with Crippen LogP contribution in [0.5, 0.6) is 17.2 Å². The number of rotatable bonds is 7. The van der Waals surface area contributed by atoms with Gasteiger partial charge in [0.25, 0.3) is 0 Å². The minimum Gasteiger partial charge on any atom is -0.462 e. The third kappa shape index (κ3) is 5.15. The summed E-state index contributed by atoms with van der Waals surface area (Å²) in [4.78, 5) is 37.1. The first-order chi connectivity index (χ1) is 16.4. The number of hydrogen-bond donors (Lipinski definition) is 0. The van der Waals surface area contributed by atoms with Gasteiger partial charge >= 0.3 is 11.9 Å². The summed E-state index contributed by atoms with van der Waals surface area (Å²) in [5.41, 5.74) is 1.13. The van der Waals surface area contributed by atoms with E-state index in [-0.39, 0.29) is 46.7 Å². The molecule has 4 rings (SSSR count). The summed E-state index contributed by atoms with van der Waals surface area (Å²) >= 11 is 0. The molecule has 0 spiro atoms. The predicted molar refractivity (Wildman–Crippen MR) is 125 cm³/mol. The zero-order chi connectivity index (χ0) is 24.1. The van der Waals surface area contributed by atoms with Gasteiger partial charge in [-0.25, -0.2) is 4.79 Å². The fourth-order valence-electron chi connectivity index (χ4n) is 3.37. The van der Waals surface area contributed by atoms with Crippen LogP contribution in [0.25, 0.3) is 11.0 Å². The van der Waals surface area contributed by atoms with Gasteiger partial charge in [-0.05, 0) is 55.8 Å². The van der Waals surface area contributed by atoms with E-state index in [0.29, 0.717) is 11.3 Å². The van der Waals surface area contributed by atoms with Crippen LogP contribution in [-0.4, -0.2) is 18.5 Å². The number of carbonyl (C=O) groups excluding carboxylic acids is 2. The van der Waals surface area contributed by atoms with Crippen molar-refractivity contribution in [3.05, 3.63) is 99.9 Å². The molecule has 4 aromatic rings. The van der Waals surface area contributed by atoms with E-state index in [9.17, 15) is 14.4 Å². The highest BCUT2D eigenvalue weighted by molar-refractivity contribution is 5.89. The Morgan fingerprint density at radius 1 is 0.912 bits per heavy atom. The monoisotopic (exact) mass is 458 g/mol. The summed E-state index contributed by atoms with van der Waals surface area (Å²) in [5, 5.41) is 0.284. The van der Waals surface area contributed by atoms with Crippen molar-refractivity contribution in [3.8, 4) is 17.2 Å². The van der Waals surface area contributed by atoms with E-state index in [1.165, 1.54) is 18.2 Å². The molecule has 0 N–H and O–H groups in total. The normalized spacial score (nSPS) is 10.6. The van der Waals surface area contributed by atoms with Crippen LogP contribution in [0.2, 0.25) is 0 Å². The number of carbonyl (C=O) groups is 2. The van der Waals surface area contributed by atoms with Crippen LogP contribution in [0.4, 0.5) is 0 Å². The van der Waals surface area contributed by atoms with Crippen molar-refractivity contribution in [2.24, 2.45) is 0 Å². The van der Waals surface area contributed by atoms with Crippen molar-refractivity contribution in [1.29, 1.82) is 0 Å². The molecule has 0 radical (unpaired) electrons. The molecule has 0 amide bonds. The molecule has 0 atom stereocenters. The number of aryl methyl sites for hydroxylation is 1. The molecule has 0 unspecified atom stereocenters. The Hall–Kier alpha value is -4.39. The molecule has 0 bridgehead atoms. The van der Waals surface area contributed by atoms with Crippen molar-refractivity contribution in [2.45, 2.75) is 20.3 Å². The van der Waals surface area contributed by atoms with E-state index in [0.717, 1.165) is 5.56 Å². The highest BCUT2D eigenvalue weighted by atomic mass is 16.5. The maximum atomic E-state index is 13.0. The molecule has 0 saturated carbocycles. The smallest absolute Gasteiger partial charge is 0.338 e. The SMILES string of the molecule is CCOC(=O)c1ccc(Oc2c(C)oc3cc(OC(=O)Cc4ccccc4)ccc3c2=O)cc1. The molecule has 0 aliphatic rings. The Bertz CT molecular complexity index is 1390. The van der Waals surface area contributed by atoms with Crippen LogP contribution >= 0.6 is 0 Å². The minimum atomic E-state index is -0.435.